The highest BCUT2D eigenvalue weighted by Gasteiger charge is 2.28. The third-order valence-electron chi connectivity index (χ3n) is 4.20. The molecule has 1 aliphatic carbocycles. The zero-order valence-electron chi connectivity index (χ0n) is 10.6. The Labute approximate surface area is 98.8 Å². The van der Waals surface area contributed by atoms with E-state index in [0.717, 1.165) is 31.8 Å². The monoisotopic (exact) mass is 224 g/mol. The van der Waals surface area contributed by atoms with Gasteiger partial charge in [-0.1, -0.05) is 0 Å². The highest BCUT2D eigenvalue weighted by molar-refractivity contribution is 5.83. The van der Waals surface area contributed by atoms with Crippen LogP contribution >= 0.6 is 0 Å². The number of nitrogens with zero attached hydrogens (tertiary/aromatic N) is 2. The number of hydrogen-bond acceptors (Lipinski definition) is 3. The summed E-state index contributed by atoms with van der Waals surface area (Å²) >= 11 is 0. The van der Waals surface area contributed by atoms with Crippen LogP contribution in [0, 0.1) is 5.92 Å². The van der Waals surface area contributed by atoms with Crippen molar-refractivity contribution in [2.45, 2.75) is 38.1 Å². The fourth-order valence-electron chi connectivity index (χ4n) is 3.01. The largest absolute Gasteiger partial charge is 0.306 e. The number of ketones is 1. The molecular formula is C13H24N2O. The van der Waals surface area contributed by atoms with Crippen molar-refractivity contribution in [3.05, 3.63) is 0 Å². The van der Waals surface area contributed by atoms with Gasteiger partial charge in [0, 0.05) is 24.9 Å². The maximum absolute atomic E-state index is 11.6. The molecule has 1 unspecified atom stereocenters. The lowest BCUT2D eigenvalue weighted by atomic mass is 10.0. The number of rotatable bonds is 3. The Morgan fingerprint density at radius 1 is 1.25 bits per heavy atom. The molecule has 2 fully saturated rings. The summed E-state index contributed by atoms with van der Waals surface area (Å²) in [5, 5.41) is 0. The molecule has 0 radical (unpaired) electrons. The predicted molar refractivity (Wildman–Crippen MR) is 65.5 cm³/mol. The third kappa shape index (κ3) is 2.83. The fraction of sp³-hybridized carbons (Fsp3) is 0.923. The number of piperidine rings is 1. The minimum absolute atomic E-state index is 0.357. The lowest BCUT2D eigenvalue weighted by Crippen LogP contribution is -2.43. The number of carbonyl (C=O) groups is 1. The van der Waals surface area contributed by atoms with E-state index in [1.807, 2.05) is 0 Å². The molecule has 0 aromatic heterocycles. The highest BCUT2D eigenvalue weighted by Crippen LogP contribution is 2.24. The summed E-state index contributed by atoms with van der Waals surface area (Å²) in [5.74, 6) is 0.866. The number of hydrogen-bond donors (Lipinski definition) is 0. The maximum Gasteiger partial charge on any atom is 0.137 e. The topological polar surface area (TPSA) is 23.6 Å². The van der Waals surface area contributed by atoms with Crippen molar-refractivity contribution in [1.82, 2.24) is 9.80 Å². The molecule has 0 aromatic rings. The van der Waals surface area contributed by atoms with Crippen LogP contribution in [0.1, 0.15) is 32.1 Å². The summed E-state index contributed by atoms with van der Waals surface area (Å²) in [6.45, 7) is 3.37. The molecule has 3 nitrogen and oxygen atoms in total. The van der Waals surface area contributed by atoms with E-state index in [1.54, 1.807) is 0 Å². The van der Waals surface area contributed by atoms with Crippen molar-refractivity contribution in [3.63, 3.8) is 0 Å². The molecule has 0 spiro atoms. The molecule has 3 heteroatoms. The summed E-state index contributed by atoms with van der Waals surface area (Å²) in [7, 11) is 4.33. The maximum atomic E-state index is 11.6. The van der Waals surface area contributed by atoms with Gasteiger partial charge in [0.05, 0.1) is 0 Å². The van der Waals surface area contributed by atoms with Crippen LogP contribution in [0.4, 0.5) is 0 Å². The van der Waals surface area contributed by atoms with E-state index >= 15 is 0 Å². The molecule has 16 heavy (non-hydrogen) atoms. The Balaban J connectivity index is 1.75. The predicted octanol–water partition coefficient (Wildman–Crippen LogP) is 1.38. The van der Waals surface area contributed by atoms with Crippen LogP contribution < -0.4 is 0 Å². The van der Waals surface area contributed by atoms with Crippen molar-refractivity contribution in [2.24, 2.45) is 5.92 Å². The average Bonchev–Trinajstić information content (AvgIpc) is 2.65. The van der Waals surface area contributed by atoms with Gasteiger partial charge in [0.25, 0.3) is 0 Å². The van der Waals surface area contributed by atoms with Crippen LogP contribution in [-0.2, 0) is 4.79 Å². The summed E-state index contributed by atoms with van der Waals surface area (Å²) < 4.78 is 0. The van der Waals surface area contributed by atoms with E-state index in [4.69, 9.17) is 0 Å². The Hall–Kier alpha value is -0.410. The third-order valence-corrected chi connectivity index (χ3v) is 4.20. The molecule has 0 N–H and O–H groups in total. The molecule has 0 amide bonds. The van der Waals surface area contributed by atoms with Crippen molar-refractivity contribution in [1.29, 1.82) is 0 Å². The molecule has 2 aliphatic rings. The summed E-state index contributed by atoms with van der Waals surface area (Å²) in [4.78, 5) is 16.4. The van der Waals surface area contributed by atoms with Gasteiger partial charge in [-0.05, 0) is 52.9 Å². The number of likely N-dealkylation sites (tertiary alicyclic amines) is 1. The smallest absolute Gasteiger partial charge is 0.137 e. The van der Waals surface area contributed by atoms with Crippen LogP contribution in [-0.4, -0.2) is 55.4 Å². The molecule has 1 aliphatic heterocycles. The van der Waals surface area contributed by atoms with Gasteiger partial charge in [0.2, 0.25) is 0 Å². The first-order valence-electron chi connectivity index (χ1n) is 6.58. The van der Waals surface area contributed by atoms with Gasteiger partial charge in [0.1, 0.15) is 5.78 Å². The van der Waals surface area contributed by atoms with Gasteiger partial charge >= 0.3 is 0 Å². The molecule has 92 valence electrons. The second-order valence-corrected chi connectivity index (χ2v) is 5.55. The molecule has 1 saturated carbocycles. The molecule has 1 atom stereocenters. The quantitative estimate of drug-likeness (QED) is 0.723. The SMILES string of the molecule is CN(C)C1CCN(CC2CCCC2=O)CC1. The minimum Gasteiger partial charge on any atom is -0.306 e. The van der Waals surface area contributed by atoms with E-state index in [9.17, 15) is 4.79 Å². The molecule has 0 bridgehead atoms. The van der Waals surface area contributed by atoms with Crippen LogP contribution in [0.15, 0.2) is 0 Å². The standard InChI is InChI=1S/C13H24N2O/c1-14(2)12-6-8-15(9-7-12)10-11-4-3-5-13(11)16/h11-12H,3-10H2,1-2H3. The lowest BCUT2D eigenvalue weighted by Gasteiger charge is -2.36. The van der Waals surface area contributed by atoms with Gasteiger partial charge in [-0.3, -0.25) is 4.79 Å². The first kappa shape index (κ1) is 12.1. The van der Waals surface area contributed by atoms with E-state index < -0.39 is 0 Å². The fourth-order valence-corrected chi connectivity index (χ4v) is 3.01. The van der Waals surface area contributed by atoms with E-state index in [0.29, 0.717) is 11.7 Å². The highest BCUT2D eigenvalue weighted by atomic mass is 16.1. The average molecular weight is 224 g/mol. The summed E-state index contributed by atoms with van der Waals surface area (Å²) in [6.07, 6.45) is 5.60. The Morgan fingerprint density at radius 3 is 2.44 bits per heavy atom. The van der Waals surface area contributed by atoms with Gasteiger partial charge in [-0.2, -0.15) is 0 Å². The zero-order chi connectivity index (χ0) is 11.5. The normalized spacial score (nSPS) is 29.2. The van der Waals surface area contributed by atoms with E-state index in [-0.39, 0.29) is 0 Å². The summed E-state index contributed by atoms with van der Waals surface area (Å²) in [5.41, 5.74) is 0. The minimum atomic E-state index is 0.357. The summed E-state index contributed by atoms with van der Waals surface area (Å²) in [6, 6.07) is 0.746. The lowest BCUT2D eigenvalue weighted by molar-refractivity contribution is -0.121. The van der Waals surface area contributed by atoms with Crippen LogP contribution in [0.2, 0.25) is 0 Å². The van der Waals surface area contributed by atoms with Crippen LogP contribution in [0.5, 0.6) is 0 Å². The Bertz CT molecular complexity index is 244. The van der Waals surface area contributed by atoms with Gasteiger partial charge in [-0.25, -0.2) is 0 Å². The van der Waals surface area contributed by atoms with Crippen molar-refractivity contribution in [2.75, 3.05) is 33.7 Å². The molecule has 0 aromatic carbocycles. The first-order chi connectivity index (χ1) is 7.66. The zero-order valence-corrected chi connectivity index (χ0v) is 10.6. The Kier molecular flexibility index (Phi) is 3.98. The molecule has 1 heterocycles. The van der Waals surface area contributed by atoms with E-state index in [2.05, 4.69) is 23.9 Å². The number of Topliss-reactive ketones (excluding diaryl/α,β-unsaturated/α-hetero) is 1. The van der Waals surface area contributed by atoms with Crippen molar-refractivity contribution in [3.8, 4) is 0 Å². The van der Waals surface area contributed by atoms with Crippen LogP contribution in [0.3, 0.4) is 0 Å². The van der Waals surface area contributed by atoms with Gasteiger partial charge < -0.3 is 9.80 Å². The van der Waals surface area contributed by atoms with Gasteiger partial charge in [0.15, 0.2) is 0 Å². The molecule has 1 saturated heterocycles. The Morgan fingerprint density at radius 2 is 1.94 bits per heavy atom. The second kappa shape index (κ2) is 5.28. The van der Waals surface area contributed by atoms with Gasteiger partial charge in [-0.15, -0.1) is 0 Å². The van der Waals surface area contributed by atoms with Crippen molar-refractivity contribution < 1.29 is 4.79 Å². The van der Waals surface area contributed by atoms with E-state index in [1.165, 1.54) is 25.9 Å². The molecular weight excluding hydrogens is 200 g/mol. The second-order valence-electron chi connectivity index (χ2n) is 5.55. The van der Waals surface area contributed by atoms with Crippen molar-refractivity contribution >= 4 is 5.78 Å². The number of carbonyl (C=O) groups excluding carboxylic acids is 1. The first-order valence-corrected chi connectivity index (χ1v) is 6.58. The molecule has 2 rings (SSSR count). The van der Waals surface area contributed by atoms with Crippen LogP contribution in [0.25, 0.3) is 0 Å².